The predicted octanol–water partition coefficient (Wildman–Crippen LogP) is 5.95. The molecule has 5 heteroatoms. The summed E-state index contributed by atoms with van der Waals surface area (Å²) in [5.41, 5.74) is 5.98. The summed E-state index contributed by atoms with van der Waals surface area (Å²) in [7, 11) is 0. The zero-order chi connectivity index (χ0) is 20.7. The number of piperidine rings is 1. The molecule has 2 aromatic carbocycles. The molecule has 0 saturated carbocycles. The SMILES string of the molecule is CC(=O)Nc1ccc2c(c1)C(CN1CCC(c3coc4cc(Cl)ccc34)CC1)CC2. The molecule has 1 amide bonds. The second-order valence-corrected chi connectivity index (χ2v) is 9.17. The van der Waals surface area contributed by atoms with E-state index in [0.29, 0.717) is 11.8 Å². The Hall–Kier alpha value is -2.30. The summed E-state index contributed by atoms with van der Waals surface area (Å²) >= 11 is 6.10. The normalized spacial score (nSPS) is 19.9. The maximum absolute atomic E-state index is 11.4. The number of rotatable bonds is 4. The lowest BCUT2D eigenvalue weighted by atomic mass is 9.88. The first-order valence-electron chi connectivity index (χ1n) is 10.9. The van der Waals surface area contributed by atoms with Crippen molar-refractivity contribution >= 4 is 34.2 Å². The Morgan fingerprint density at radius 3 is 2.77 bits per heavy atom. The number of halogens is 1. The van der Waals surface area contributed by atoms with Crippen LogP contribution in [0.2, 0.25) is 5.02 Å². The first-order chi connectivity index (χ1) is 14.6. The highest BCUT2D eigenvalue weighted by Crippen LogP contribution is 2.38. The number of likely N-dealkylation sites (tertiary alicyclic amines) is 1. The molecule has 3 aromatic rings. The van der Waals surface area contributed by atoms with E-state index in [2.05, 4.69) is 28.4 Å². The molecule has 0 radical (unpaired) electrons. The third kappa shape index (κ3) is 3.86. The van der Waals surface area contributed by atoms with Crippen molar-refractivity contribution in [2.24, 2.45) is 0 Å². The van der Waals surface area contributed by atoms with Crippen molar-refractivity contribution in [2.75, 3.05) is 25.0 Å². The van der Waals surface area contributed by atoms with Crippen LogP contribution in [0.5, 0.6) is 0 Å². The van der Waals surface area contributed by atoms with Gasteiger partial charge in [0.25, 0.3) is 0 Å². The van der Waals surface area contributed by atoms with E-state index in [1.54, 1.807) is 6.92 Å². The summed E-state index contributed by atoms with van der Waals surface area (Å²) < 4.78 is 5.77. The molecule has 30 heavy (non-hydrogen) atoms. The molecule has 1 atom stereocenters. The number of hydrogen-bond donors (Lipinski definition) is 1. The lowest BCUT2D eigenvalue weighted by molar-refractivity contribution is -0.114. The summed E-state index contributed by atoms with van der Waals surface area (Å²) in [6, 6.07) is 12.3. The smallest absolute Gasteiger partial charge is 0.221 e. The average molecular weight is 423 g/mol. The highest BCUT2D eigenvalue weighted by atomic mass is 35.5. The second kappa shape index (κ2) is 8.09. The van der Waals surface area contributed by atoms with Crippen LogP contribution in [-0.2, 0) is 11.2 Å². The van der Waals surface area contributed by atoms with Gasteiger partial charge in [-0.25, -0.2) is 0 Å². The molecule has 2 heterocycles. The van der Waals surface area contributed by atoms with E-state index in [0.717, 1.165) is 55.2 Å². The number of furan rings is 1. The first kappa shape index (κ1) is 19.7. The number of hydrogen-bond acceptors (Lipinski definition) is 3. The molecule has 1 unspecified atom stereocenters. The topological polar surface area (TPSA) is 45.5 Å². The predicted molar refractivity (Wildman–Crippen MR) is 121 cm³/mol. The Bertz CT molecular complexity index is 1080. The summed E-state index contributed by atoms with van der Waals surface area (Å²) in [6.45, 7) is 4.89. The van der Waals surface area contributed by atoms with Crippen molar-refractivity contribution in [3.05, 3.63) is 64.4 Å². The summed E-state index contributed by atoms with van der Waals surface area (Å²) in [4.78, 5) is 14.0. The van der Waals surface area contributed by atoms with E-state index in [9.17, 15) is 4.79 Å². The Kier molecular flexibility index (Phi) is 5.30. The number of carbonyl (C=O) groups is 1. The minimum atomic E-state index is -0.0133. The number of benzene rings is 2. The number of amides is 1. The summed E-state index contributed by atoms with van der Waals surface area (Å²) in [5, 5.41) is 4.85. The number of fused-ring (bicyclic) bond motifs is 2. The lowest BCUT2D eigenvalue weighted by Gasteiger charge is -2.33. The van der Waals surface area contributed by atoms with E-state index in [-0.39, 0.29) is 5.91 Å². The van der Waals surface area contributed by atoms with Gasteiger partial charge in [-0.15, -0.1) is 0 Å². The van der Waals surface area contributed by atoms with Gasteiger partial charge >= 0.3 is 0 Å². The van der Waals surface area contributed by atoms with Crippen LogP contribution in [-0.4, -0.2) is 30.4 Å². The number of nitrogens with one attached hydrogen (secondary N) is 1. The molecule has 1 saturated heterocycles. The number of carbonyl (C=O) groups excluding carboxylic acids is 1. The largest absolute Gasteiger partial charge is 0.464 e. The van der Waals surface area contributed by atoms with Crippen LogP contribution in [0, 0.1) is 0 Å². The molecule has 1 aliphatic carbocycles. The minimum absolute atomic E-state index is 0.0133. The highest BCUT2D eigenvalue weighted by Gasteiger charge is 2.28. The zero-order valence-corrected chi connectivity index (χ0v) is 18.0. The Labute approximate surface area is 182 Å². The van der Waals surface area contributed by atoms with E-state index in [1.165, 1.54) is 28.5 Å². The molecule has 0 spiro atoms. The standard InChI is InChI=1S/C25H27ClN2O2/c1-16(29)27-21-6-4-17-2-3-19(23(17)13-21)14-28-10-8-18(9-11-28)24-15-30-25-12-20(26)5-7-22(24)25/h4-7,12-13,15,18-19H,2-3,8-11,14H2,1H3,(H,27,29). The van der Waals surface area contributed by atoms with Gasteiger partial charge in [-0.3, -0.25) is 4.79 Å². The van der Waals surface area contributed by atoms with Gasteiger partial charge in [0.1, 0.15) is 5.58 Å². The fourth-order valence-electron chi connectivity index (χ4n) is 5.24. The monoisotopic (exact) mass is 422 g/mol. The van der Waals surface area contributed by atoms with Gasteiger partial charge in [0.15, 0.2) is 0 Å². The van der Waals surface area contributed by atoms with Crippen LogP contribution in [0.1, 0.15) is 54.7 Å². The van der Waals surface area contributed by atoms with E-state index in [4.69, 9.17) is 16.0 Å². The average Bonchev–Trinajstić information content (AvgIpc) is 3.32. The second-order valence-electron chi connectivity index (χ2n) is 8.74. The molecule has 2 aliphatic rings. The Morgan fingerprint density at radius 2 is 1.97 bits per heavy atom. The lowest BCUT2D eigenvalue weighted by Crippen LogP contribution is -2.35. The third-order valence-corrected chi connectivity index (χ3v) is 6.98. The molecule has 1 aromatic heterocycles. The van der Waals surface area contributed by atoms with Crippen LogP contribution < -0.4 is 5.32 Å². The summed E-state index contributed by atoms with van der Waals surface area (Å²) in [5.74, 6) is 1.09. The minimum Gasteiger partial charge on any atom is -0.464 e. The third-order valence-electron chi connectivity index (χ3n) is 6.74. The fourth-order valence-corrected chi connectivity index (χ4v) is 5.40. The molecule has 1 aliphatic heterocycles. The molecule has 4 nitrogen and oxygen atoms in total. The van der Waals surface area contributed by atoms with Crippen LogP contribution in [0.15, 0.2) is 47.1 Å². The zero-order valence-electron chi connectivity index (χ0n) is 17.3. The van der Waals surface area contributed by atoms with E-state index in [1.807, 2.05) is 24.5 Å². The van der Waals surface area contributed by atoms with Gasteiger partial charge in [-0.1, -0.05) is 17.7 Å². The quantitative estimate of drug-likeness (QED) is 0.564. The Balaban J connectivity index is 1.24. The van der Waals surface area contributed by atoms with Gasteiger partial charge in [0.2, 0.25) is 5.91 Å². The highest BCUT2D eigenvalue weighted by molar-refractivity contribution is 6.31. The molecule has 5 rings (SSSR count). The van der Waals surface area contributed by atoms with Crippen LogP contribution in [0.25, 0.3) is 11.0 Å². The molecule has 156 valence electrons. The van der Waals surface area contributed by atoms with Crippen molar-refractivity contribution < 1.29 is 9.21 Å². The fraction of sp³-hybridized carbons (Fsp3) is 0.400. The molecular weight excluding hydrogens is 396 g/mol. The number of anilines is 1. The van der Waals surface area contributed by atoms with Crippen LogP contribution in [0.4, 0.5) is 5.69 Å². The van der Waals surface area contributed by atoms with Gasteiger partial charge in [0, 0.05) is 35.1 Å². The molecule has 1 N–H and O–H groups in total. The van der Waals surface area contributed by atoms with Gasteiger partial charge in [-0.05, 0) is 92.1 Å². The maximum Gasteiger partial charge on any atom is 0.221 e. The summed E-state index contributed by atoms with van der Waals surface area (Å²) in [6.07, 6.45) is 6.58. The number of aryl methyl sites for hydroxylation is 1. The molecule has 0 bridgehead atoms. The van der Waals surface area contributed by atoms with Crippen LogP contribution >= 0.6 is 11.6 Å². The van der Waals surface area contributed by atoms with Crippen molar-refractivity contribution in [3.63, 3.8) is 0 Å². The van der Waals surface area contributed by atoms with E-state index < -0.39 is 0 Å². The number of nitrogens with zero attached hydrogens (tertiary/aromatic N) is 1. The Morgan fingerprint density at radius 1 is 1.13 bits per heavy atom. The van der Waals surface area contributed by atoms with Gasteiger partial charge < -0.3 is 14.6 Å². The van der Waals surface area contributed by atoms with Crippen LogP contribution in [0.3, 0.4) is 0 Å². The van der Waals surface area contributed by atoms with E-state index >= 15 is 0 Å². The van der Waals surface area contributed by atoms with Crippen molar-refractivity contribution in [1.29, 1.82) is 0 Å². The van der Waals surface area contributed by atoms with Gasteiger partial charge in [-0.2, -0.15) is 0 Å². The van der Waals surface area contributed by atoms with Crippen molar-refractivity contribution in [3.8, 4) is 0 Å². The van der Waals surface area contributed by atoms with Crippen molar-refractivity contribution in [2.45, 2.75) is 44.4 Å². The molecular formula is C25H27ClN2O2. The molecule has 1 fully saturated rings. The van der Waals surface area contributed by atoms with Gasteiger partial charge in [0.05, 0.1) is 6.26 Å². The van der Waals surface area contributed by atoms with Crippen molar-refractivity contribution in [1.82, 2.24) is 4.90 Å². The maximum atomic E-state index is 11.4. The first-order valence-corrected chi connectivity index (χ1v) is 11.2.